The monoisotopic (exact) mass is 325 g/mol. The Morgan fingerprint density at radius 3 is 2.25 bits per heavy atom. The smallest absolute Gasteiger partial charge is 0.335 e. The molecule has 0 spiro atoms. The molecular formula is C19H19NO4. The van der Waals surface area contributed by atoms with E-state index in [-0.39, 0.29) is 23.7 Å². The van der Waals surface area contributed by atoms with Crippen molar-refractivity contribution >= 4 is 11.9 Å². The largest absolute Gasteiger partial charge is 0.478 e. The molecule has 1 amide bonds. The molecule has 1 N–H and O–H groups in total. The van der Waals surface area contributed by atoms with E-state index in [0.717, 1.165) is 5.56 Å². The minimum atomic E-state index is -1.00. The SMILES string of the molecule is CC1CN(C(=O)c2ccc(C(=O)O)cc2)CC(c2ccccc2)O1. The van der Waals surface area contributed by atoms with Gasteiger partial charge in [-0.2, -0.15) is 0 Å². The zero-order valence-electron chi connectivity index (χ0n) is 13.4. The van der Waals surface area contributed by atoms with Crippen LogP contribution in [-0.4, -0.2) is 41.1 Å². The first-order chi connectivity index (χ1) is 11.5. The lowest BCUT2D eigenvalue weighted by molar-refractivity contribution is -0.0691. The maximum Gasteiger partial charge on any atom is 0.335 e. The lowest BCUT2D eigenvalue weighted by Gasteiger charge is -2.37. The summed E-state index contributed by atoms with van der Waals surface area (Å²) in [7, 11) is 0. The van der Waals surface area contributed by atoms with Crippen LogP contribution >= 0.6 is 0 Å². The second-order valence-electron chi connectivity index (χ2n) is 5.94. The third kappa shape index (κ3) is 3.46. The quantitative estimate of drug-likeness (QED) is 0.942. The van der Waals surface area contributed by atoms with Gasteiger partial charge in [0.2, 0.25) is 0 Å². The number of benzene rings is 2. The molecule has 5 nitrogen and oxygen atoms in total. The molecule has 2 aromatic carbocycles. The van der Waals surface area contributed by atoms with Crippen LogP contribution in [0.3, 0.4) is 0 Å². The summed E-state index contributed by atoms with van der Waals surface area (Å²) in [6.45, 7) is 2.94. The van der Waals surface area contributed by atoms with Crippen molar-refractivity contribution in [2.45, 2.75) is 19.1 Å². The Balaban J connectivity index is 1.77. The number of amides is 1. The van der Waals surface area contributed by atoms with E-state index in [1.165, 1.54) is 12.1 Å². The highest BCUT2D eigenvalue weighted by molar-refractivity contribution is 5.96. The summed E-state index contributed by atoms with van der Waals surface area (Å²) in [6, 6.07) is 15.9. The van der Waals surface area contributed by atoms with Gasteiger partial charge in [-0.05, 0) is 36.8 Å². The molecule has 0 saturated carbocycles. The van der Waals surface area contributed by atoms with Gasteiger partial charge in [0.25, 0.3) is 5.91 Å². The standard InChI is InChI=1S/C19H19NO4/c1-13-11-20(12-17(24-13)14-5-3-2-4-6-14)18(21)15-7-9-16(10-8-15)19(22)23/h2-10,13,17H,11-12H2,1H3,(H,22,23). The van der Waals surface area contributed by atoms with E-state index >= 15 is 0 Å². The first-order valence-electron chi connectivity index (χ1n) is 7.87. The van der Waals surface area contributed by atoms with Gasteiger partial charge >= 0.3 is 5.97 Å². The van der Waals surface area contributed by atoms with Gasteiger partial charge in [0.15, 0.2) is 0 Å². The fourth-order valence-electron chi connectivity index (χ4n) is 2.91. The maximum absolute atomic E-state index is 12.7. The molecule has 124 valence electrons. The average Bonchev–Trinajstić information content (AvgIpc) is 2.61. The predicted octanol–water partition coefficient (Wildman–Crippen LogP) is 2.99. The number of aromatic carboxylic acids is 1. The summed E-state index contributed by atoms with van der Waals surface area (Å²) in [6.07, 6.45) is -0.219. The number of hydrogen-bond donors (Lipinski definition) is 1. The lowest BCUT2D eigenvalue weighted by atomic mass is 10.1. The van der Waals surface area contributed by atoms with E-state index in [1.807, 2.05) is 37.3 Å². The minimum absolute atomic E-state index is 0.0637. The number of hydrogen-bond acceptors (Lipinski definition) is 3. The van der Waals surface area contributed by atoms with Crippen LogP contribution in [0.25, 0.3) is 0 Å². The molecule has 0 aromatic heterocycles. The third-order valence-corrected chi connectivity index (χ3v) is 4.10. The van der Waals surface area contributed by atoms with Crippen molar-refractivity contribution in [1.82, 2.24) is 4.90 Å². The van der Waals surface area contributed by atoms with Crippen LogP contribution in [0.1, 0.15) is 39.3 Å². The average molecular weight is 325 g/mol. The Bertz CT molecular complexity index is 727. The number of carbonyl (C=O) groups is 2. The zero-order valence-corrected chi connectivity index (χ0v) is 13.4. The number of morpholine rings is 1. The van der Waals surface area contributed by atoms with E-state index in [1.54, 1.807) is 17.0 Å². The van der Waals surface area contributed by atoms with Crippen LogP contribution in [0.2, 0.25) is 0 Å². The lowest BCUT2D eigenvalue weighted by Crippen LogP contribution is -2.45. The molecule has 5 heteroatoms. The van der Waals surface area contributed by atoms with E-state index in [2.05, 4.69) is 0 Å². The fourth-order valence-corrected chi connectivity index (χ4v) is 2.91. The summed E-state index contributed by atoms with van der Waals surface area (Å²) in [5, 5.41) is 8.95. The van der Waals surface area contributed by atoms with Crippen molar-refractivity contribution in [2.24, 2.45) is 0 Å². The van der Waals surface area contributed by atoms with E-state index in [0.29, 0.717) is 18.7 Å². The Hall–Kier alpha value is -2.66. The molecule has 0 bridgehead atoms. The summed E-state index contributed by atoms with van der Waals surface area (Å²) in [5.41, 5.74) is 1.70. The van der Waals surface area contributed by atoms with Crippen LogP contribution in [0.4, 0.5) is 0 Å². The van der Waals surface area contributed by atoms with Gasteiger partial charge in [-0.1, -0.05) is 30.3 Å². The van der Waals surface area contributed by atoms with Crippen LogP contribution in [0, 0.1) is 0 Å². The van der Waals surface area contributed by atoms with E-state index in [4.69, 9.17) is 9.84 Å². The third-order valence-electron chi connectivity index (χ3n) is 4.10. The number of ether oxygens (including phenoxy) is 1. The molecule has 1 aliphatic heterocycles. The molecule has 0 aliphatic carbocycles. The fraction of sp³-hybridized carbons (Fsp3) is 0.263. The van der Waals surface area contributed by atoms with E-state index in [9.17, 15) is 9.59 Å². The first kappa shape index (κ1) is 16.2. The van der Waals surface area contributed by atoms with Crippen molar-refractivity contribution in [2.75, 3.05) is 13.1 Å². The molecule has 2 unspecified atom stereocenters. The molecular weight excluding hydrogens is 306 g/mol. The Morgan fingerprint density at radius 1 is 1.00 bits per heavy atom. The topological polar surface area (TPSA) is 66.8 Å². The van der Waals surface area contributed by atoms with Crippen LogP contribution < -0.4 is 0 Å². The van der Waals surface area contributed by atoms with Gasteiger partial charge in [0, 0.05) is 12.1 Å². The summed E-state index contributed by atoms with van der Waals surface area (Å²) < 4.78 is 5.97. The van der Waals surface area contributed by atoms with Gasteiger partial charge in [0.05, 0.1) is 18.2 Å². The Labute approximate surface area is 140 Å². The highest BCUT2D eigenvalue weighted by Gasteiger charge is 2.29. The van der Waals surface area contributed by atoms with Crippen molar-refractivity contribution in [3.63, 3.8) is 0 Å². The van der Waals surface area contributed by atoms with Gasteiger partial charge in [0.1, 0.15) is 6.10 Å². The van der Waals surface area contributed by atoms with E-state index < -0.39 is 5.97 Å². The van der Waals surface area contributed by atoms with Gasteiger partial charge < -0.3 is 14.7 Å². The molecule has 1 fully saturated rings. The van der Waals surface area contributed by atoms with Crippen LogP contribution in [-0.2, 0) is 4.74 Å². The summed E-state index contributed by atoms with van der Waals surface area (Å²) in [4.78, 5) is 25.4. The first-order valence-corrected chi connectivity index (χ1v) is 7.87. The molecule has 0 radical (unpaired) electrons. The predicted molar refractivity (Wildman–Crippen MR) is 89.0 cm³/mol. The number of carboxylic acid groups (broad SMARTS) is 1. The van der Waals surface area contributed by atoms with Gasteiger partial charge in [-0.15, -0.1) is 0 Å². The molecule has 24 heavy (non-hydrogen) atoms. The van der Waals surface area contributed by atoms with Crippen LogP contribution in [0.15, 0.2) is 54.6 Å². The number of nitrogens with zero attached hydrogens (tertiary/aromatic N) is 1. The van der Waals surface area contributed by atoms with Crippen molar-refractivity contribution in [3.8, 4) is 0 Å². The van der Waals surface area contributed by atoms with Crippen molar-refractivity contribution in [1.29, 1.82) is 0 Å². The normalized spacial score (nSPS) is 20.6. The molecule has 2 aromatic rings. The maximum atomic E-state index is 12.7. The second kappa shape index (κ2) is 6.84. The summed E-state index contributed by atoms with van der Waals surface area (Å²) >= 11 is 0. The molecule has 1 aliphatic rings. The second-order valence-corrected chi connectivity index (χ2v) is 5.94. The Morgan fingerprint density at radius 2 is 1.62 bits per heavy atom. The summed E-state index contributed by atoms with van der Waals surface area (Å²) in [5.74, 6) is -1.11. The number of carbonyl (C=O) groups excluding carboxylic acids is 1. The minimum Gasteiger partial charge on any atom is -0.478 e. The zero-order chi connectivity index (χ0) is 17.1. The Kier molecular flexibility index (Phi) is 4.62. The molecule has 1 heterocycles. The highest BCUT2D eigenvalue weighted by atomic mass is 16.5. The number of carboxylic acids is 1. The van der Waals surface area contributed by atoms with Crippen molar-refractivity contribution < 1.29 is 19.4 Å². The number of rotatable bonds is 3. The van der Waals surface area contributed by atoms with Gasteiger partial charge in [-0.3, -0.25) is 4.79 Å². The molecule has 3 rings (SSSR count). The van der Waals surface area contributed by atoms with Crippen molar-refractivity contribution in [3.05, 3.63) is 71.3 Å². The van der Waals surface area contributed by atoms with Crippen LogP contribution in [0.5, 0.6) is 0 Å². The highest BCUT2D eigenvalue weighted by Crippen LogP contribution is 2.26. The molecule has 2 atom stereocenters. The molecule has 1 saturated heterocycles. The van der Waals surface area contributed by atoms with Gasteiger partial charge in [-0.25, -0.2) is 4.79 Å².